The number of amides is 1. The van der Waals surface area contributed by atoms with Gasteiger partial charge < -0.3 is 5.32 Å². The van der Waals surface area contributed by atoms with E-state index in [9.17, 15) is 14.9 Å². The Morgan fingerprint density at radius 1 is 1.42 bits per heavy atom. The maximum absolute atomic E-state index is 12.2. The van der Waals surface area contributed by atoms with Crippen molar-refractivity contribution in [2.75, 3.05) is 10.7 Å². The number of benzene rings is 1. The van der Waals surface area contributed by atoms with E-state index in [2.05, 4.69) is 37.2 Å². The van der Waals surface area contributed by atoms with Gasteiger partial charge in [0.2, 0.25) is 0 Å². The number of rotatable bonds is 5. The summed E-state index contributed by atoms with van der Waals surface area (Å²) in [5.41, 5.74) is -0.101. The van der Waals surface area contributed by atoms with E-state index in [0.717, 1.165) is 0 Å². The van der Waals surface area contributed by atoms with Crippen molar-refractivity contribution in [2.24, 2.45) is 0 Å². The summed E-state index contributed by atoms with van der Waals surface area (Å²) in [6, 6.07) is 4.71. The summed E-state index contributed by atoms with van der Waals surface area (Å²) < 4.78 is 0. The number of hydrogen-bond acceptors (Lipinski definition) is 3. The normalized spacial score (nSPS) is 11.2. The van der Waals surface area contributed by atoms with Crippen molar-refractivity contribution in [3.63, 3.8) is 0 Å². The number of carbonyl (C=O) groups is 1. The zero-order valence-electron chi connectivity index (χ0n) is 10.6. The predicted octanol–water partition coefficient (Wildman–Crippen LogP) is 3.18. The fourth-order valence-electron chi connectivity index (χ4n) is 1.53. The Bertz CT molecular complexity index is 502. The number of halogens is 2. The van der Waals surface area contributed by atoms with Gasteiger partial charge in [-0.1, -0.05) is 44.0 Å². The summed E-state index contributed by atoms with van der Waals surface area (Å²) in [5, 5.41) is 14.9. The number of para-hydroxylation sites is 1. The maximum atomic E-state index is 12.2. The number of nitro benzene ring substituents is 1. The van der Waals surface area contributed by atoms with Crippen molar-refractivity contribution in [3.05, 3.63) is 39.4 Å². The van der Waals surface area contributed by atoms with Gasteiger partial charge in [-0.3, -0.25) is 14.9 Å². The smallest absolute Gasteiger partial charge is 0.285 e. The third-order valence-electron chi connectivity index (χ3n) is 2.67. The van der Waals surface area contributed by atoms with Crippen molar-refractivity contribution in [2.45, 2.75) is 19.4 Å². The SMILES string of the molecule is Cc1cccc(C(=O)NC(C)(CBr)CBr)c1[N+](=O)[O-]. The van der Waals surface area contributed by atoms with Crippen molar-refractivity contribution in [1.29, 1.82) is 0 Å². The lowest BCUT2D eigenvalue weighted by atomic mass is 10.0. The van der Waals surface area contributed by atoms with Crippen LogP contribution in [0, 0.1) is 17.0 Å². The van der Waals surface area contributed by atoms with Crippen LogP contribution in [0.1, 0.15) is 22.8 Å². The van der Waals surface area contributed by atoms with Crippen molar-refractivity contribution < 1.29 is 9.72 Å². The van der Waals surface area contributed by atoms with Gasteiger partial charge in [0.05, 0.1) is 10.5 Å². The minimum absolute atomic E-state index is 0.0816. The summed E-state index contributed by atoms with van der Waals surface area (Å²) in [4.78, 5) is 22.7. The Morgan fingerprint density at radius 2 is 2.00 bits per heavy atom. The summed E-state index contributed by atoms with van der Waals surface area (Å²) in [5.74, 6) is -0.447. The van der Waals surface area contributed by atoms with Crippen LogP contribution in [-0.4, -0.2) is 27.0 Å². The van der Waals surface area contributed by atoms with E-state index in [1.807, 2.05) is 6.92 Å². The minimum Gasteiger partial charge on any atom is -0.345 e. The van der Waals surface area contributed by atoms with Crippen LogP contribution in [0.3, 0.4) is 0 Å². The second kappa shape index (κ2) is 6.47. The van der Waals surface area contributed by atoms with Gasteiger partial charge >= 0.3 is 0 Å². The number of nitrogens with one attached hydrogen (secondary N) is 1. The predicted molar refractivity (Wildman–Crippen MR) is 81.3 cm³/mol. The van der Waals surface area contributed by atoms with E-state index in [1.54, 1.807) is 19.1 Å². The molecule has 0 radical (unpaired) electrons. The summed E-state index contributed by atoms with van der Waals surface area (Å²) >= 11 is 6.63. The van der Waals surface area contributed by atoms with Crippen molar-refractivity contribution in [3.8, 4) is 0 Å². The van der Waals surface area contributed by atoms with Crippen LogP contribution < -0.4 is 5.32 Å². The number of alkyl halides is 2. The summed E-state index contributed by atoms with van der Waals surface area (Å²) in [6.07, 6.45) is 0. The third-order valence-corrected chi connectivity index (χ3v) is 5.15. The molecular formula is C12H14Br2N2O3. The first kappa shape index (κ1) is 16.1. The molecule has 0 saturated heterocycles. The van der Waals surface area contributed by atoms with Crippen LogP contribution in [0.25, 0.3) is 0 Å². The zero-order valence-corrected chi connectivity index (χ0v) is 13.7. The lowest BCUT2D eigenvalue weighted by Crippen LogP contribution is -2.49. The standard InChI is InChI=1S/C12H14Br2N2O3/c1-8-4-3-5-9(10(8)16(18)19)11(17)15-12(2,6-13)7-14/h3-5H,6-7H2,1-2H3,(H,15,17). The Hall–Kier alpha value is -0.950. The molecule has 0 aliphatic carbocycles. The van der Waals surface area contributed by atoms with Crippen molar-refractivity contribution in [1.82, 2.24) is 5.32 Å². The van der Waals surface area contributed by atoms with Crippen LogP contribution in [0.5, 0.6) is 0 Å². The molecule has 7 heteroatoms. The average molecular weight is 394 g/mol. The summed E-state index contributed by atoms with van der Waals surface area (Å²) in [7, 11) is 0. The van der Waals surface area contributed by atoms with E-state index < -0.39 is 16.4 Å². The van der Waals surface area contributed by atoms with Gasteiger partial charge in [0.15, 0.2) is 0 Å². The highest BCUT2D eigenvalue weighted by atomic mass is 79.9. The Labute approximate surface area is 128 Å². The van der Waals surface area contributed by atoms with E-state index in [0.29, 0.717) is 16.2 Å². The zero-order chi connectivity index (χ0) is 14.6. The van der Waals surface area contributed by atoms with E-state index in [1.165, 1.54) is 6.07 Å². The van der Waals surface area contributed by atoms with Crippen LogP contribution in [0.4, 0.5) is 5.69 Å². The molecule has 0 bridgehead atoms. The van der Waals surface area contributed by atoms with E-state index in [-0.39, 0.29) is 11.3 Å². The van der Waals surface area contributed by atoms with Gasteiger partial charge in [0.25, 0.3) is 11.6 Å². The number of nitrogens with zero attached hydrogens (tertiary/aromatic N) is 1. The highest BCUT2D eigenvalue weighted by Crippen LogP contribution is 2.24. The highest BCUT2D eigenvalue weighted by molar-refractivity contribution is 9.09. The van der Waals surface area contributed by atoms with Gasteiger partial charge in [0, 0.05) is 16.2 Å². The third kappa shape index (κ3) is 3.76. The largest absolute Gasteiger partial charge is 0.345 e. The van der Waals surface area contributed by atoms with Crippen molar-refractivity contribution >= 4 is 43.5 Å². The average Bonchev–Trinajstić information content (AvgIpc) is 2.37. The molecule has 0 saturated carbocycles. The lowest BCUT2D eigenvalue weighted by Gasteiger charge is -2.26. The van der Waals surface area contributed by atoms with Crippen LogP contribution in [0.2, 0.25) is 0 Å². The molecular weight excluding hydrogens is 380 g/mol. The number of carbonyl (C=O) groups excluding carboxylic acids is 1. The Balaban J connectivity index is 3.14. The molecule has 1 N–H and O–H groups in total. The molecule has 1 amide bonds. The molecule has 0 atom stereocenters. The molecule has 1 rings (SSSR count). The first-order chi connectivity index (χ1) is 8.84. The topological polar surface area (TPSA) is 72.2 Å². The van der Waals surface area contributed by atoms with Gasteiger partial charge in [0.1, 0.15) is 5.56 Å². The molecule has 0 fully saturated rings. The van der Waals surface area contributed by atoms with Gasteiger partial charge in [-0.25, -0.2) is 0 Å². The van der Waals surface area contributed by atoms with Crippen LogP contribution >= 0.6 is 31.9 Å². The Morgan fingerprint density at radius 3 is 2.47 bits per heavy atom. The minimum atomic E-state index is -0.524. The first-order valence-electron chi connectivity index (χ1n) is 5.53. The molecule has 1 aromatic rings. The molecule has 0 heterocycles. The van der Waals surface area contributed by atoms with Crippen LogP contribution in [0.15, 0.2) is 18.2 Å². The van der Waals surface area contributed by atoms with Gasteiger partial charge in [-0.05, 0) is 19.9 Å². The molecule has 0 aliphatic heterocycles. The van der Waals surface area contributed by atoms with Crippen LogP contribution in [-0.2, 0) is 0 Å². The molecule has 0 unspecified atom stereocenters. The number of hydrogen-bond donors (Lipinski definition) is 1. The monoisotopic (exact) mass is 392 g/mol. The quantitative estimate of drug-likeness (QED) is 0.474. The molecule has 0 spiro atoms. The molecule has 104 valence electrons. The Kier molecular flexibility index (Phi) is 5.49. The fourth-order valence-corrected chi connectivity index (χ4v) is 2.74. The molecule has 1 aromatic carbocycles. The van der Waals surface area contributed by atoms with E-state index >= 15 is 0 Å². The molecule has 19 heavy (non-hydrogen) atoms. The second-order valence-corrected chi connectivity index (χ2v) is 5.63. The van der Waals surface area contributed by atoms with Gasteiger partial charge in [-0.15, -0.1) is 0 Å². The van der Waals surface area contributed by atoms with E-state index in [4.69, 9.17) is 0 Å². The number of aryl methyl sites for hydroxylation is 1. The second-order valence-electron chi connectivity index (χ2n) is 4.51. The fraction of sp³-hybridized carbons (Fsp3) is 0.417. The lowest BCUT2D eigenvalue weighted by molar-refractivity contribution is -0.385. The van der Waals surface area contributed by atoms with Gasteiger partial charge in [-0.2, -0.15) is 0 Å². The first-order valence-corrected chi connectivity index (χ1v) is 7.77. The number of nitro groups is 1. The molecule has 0 aliphatic rings. The molecule has 0 aromatic heterocycles. The highest BCUT2D eigenvalue weighted by Gasteiger charge is 2.28. The molecule has 5 nitrogen and oxygen atoms in total. The maximum Gasteiger partial charge on any atom is 0.285 e. The summed E-state index contributed by atoms with van der Waals surface area (Å²) in [6.45, 7) is 3.46.